The Morgan fingerprint density at radius 2 is 2.33 bits per heavy atom. The van der Waals surface area contributed by atoms with Crippen molar-refractivity contribution in [3.63, 3.8) is 0 Å². The Hall–Kier alpha value is -1.98. The first-order chi connectivity index (χ1) is 7.25. The van der Waals surface area contributed by atoms with Crippen molar-refractivity contribution in [3.8, 4) is 5.75 Å². The maximum Gasteiger partial charge on any atom is 0.255 e. The van der Waals surface area contributed by atoms with Crippen LogP contribution in [0.2, 0.25) is 0 Å². The molecule has 0 fully saturated rings. The highest BCUT2D eigenvalue weighted by Crippen LogP contribution is 2.14. The Labute approximate surface area is 84.9 Å². The summed E-state index contributed by atoms with van der Waals surface area (Å²) in [6.45, 7) is 1.70. The Morgan fingerprint density at radius 1 is 1.47 bits per heavy atom. The average molecular weight is 209 g/mol. The fourth-order valence-corrected chi connectivity index (χ4v) is 1.01. The lowest BCUT2D eigenvalue weighted by molar-refractivity contribution is 0.247. The van der Waals surface area contributed by atoms with E-state index in [1.807, 2.05) is 0 Å². The lowest BCUT2D eigenvalue weighted by atomic mass is 10.4. The van der Waals surface area contributed by atoms with E-state index >= 15 is 0 Å². The summed E-state index contributed by atoms with van der Waals surface area (Å²) < 4.78 is 23.2. The number of pyridine rings is 1. The number of hydrogen-bond donors (Lipinski definition) is 0. The molecule has 2 aromatic heterocycles. The van der Waals surface area contributed by atoms with Gasteiger partial charge >= 0.3 is 0 Å². The van der Waals surface area contributed by atoms with Gasteiger partial charge in [-0.2, -0.15) is 4.39 Å². The predicted octanol–water partition coefficient (Wildman–Crippen LogP) is 1.49. The molecule has 0 aliphatic heterocycles. The standard InChI is InChI=1S/C9H8FN3O2/c1-6-12-13-8(15-6)5-14-7-3-2-4-11-9(7)10/h2-4H,5H2,1H3. The maximum atomic E-state index is 13.0. The van der Waals surface area contributed by atoms with Crippen LogP contribution in [0.3, 0.4) is 0 Å². The number of nitrogens with zero attached hydrogens (tertiary/aromatic N) is 3. The Morgan fingerprint density at radius 3 is 3.00 bits per heavy atom. The summed E-state index contributed by atoms with van der Waals surface area (Å²) >= 11 is 0. The number of halogens is 1. The summed E-state index contributed by atoms with van der Waals surface area (Å²) in [7, 11) is 0. The Kier molecular flexibility index (Phi) is 2.57. The van der Waals surface area contributed by atoms with E-state index in [9.17, 15) is 4.39 Å². The average Bonchev–Trinajstić information content (AvgIpc) is 2.63. The van der Waals surface area contributed by atoms with Crippen LogP contribution in [0.5, 0.6) is 5.75 Å². The first kappa shape index (κ1) is 9.57. The number of rotatable bonds is 3. The molecule has 6 heteroatoms. The van der Waals surface area contributed by atoms with Crippen molar-refractivity contribution < 1.29 is 13.5 Å². The summed E-state index contributed by atoms with van der Waals surface area (Å²) in [5, 5.41) is 7.32. The second-order valence-corrected chi connectivity index (χ2v) is 2.80. The molecule has 0 saturated carbocycles. The topological polar surface area (TPSA) is 61.0 Å². The van der Waals surface area contributed by atoms with Gasteiger partial charge in [-0.15, -0.1) is 10.2 Å². The van der Waals surface area contributed by atoms with E-state index in [4.69, 9.17) is 9.15 Å². The second-order valence-electron chi connectivity index (χ2n) is 2.80. The zero-order chi connectivity index (χ0) is 10.7. The molecule has 0 aliphatic rings. The summed E-state index contributed by atoms with van der Waals surface area (Å²) in [6, 6.07) is 3.06. The van der Waals surface area contributed by atoms with Gasteiger partial charge in [0.2, 0.25) is 5.89 Å². The minimum Gasteiger partial charge on any atom is -0.479 e. The third-order valence-corrected chi connectivity index (χ3v) is 1.64. The quantitative estimate of drug-likeness (QED) is 0.716. The third kappa shape index (κ3) is 2.28. The summed E-state index contributed by atoms with van der Waals surface area (Å²) in [6.07, 6.45) is 1.35. The number of aromatic nitrogens is 3. The van der Waals surface area contributed by atoms with Crippen LogP contribution in [0.4, 0.5) is 4.39 Å². The molecule has 0 saturated heterocycles. The summed E-state index contributed by atoms with van der Waals surface area (Å²) in [4.78, 5) is 3.44. The fraction of sp³-hybridized carbons (Fsp3) is 0.222. The second kappa shape index (κ2) is 4.04. The van der Waals surface area contributed by atoms with Gasteiger partial charge in [0.25, 0.3) is 11.8 Å². The monoisotopic (exact) mass is 209 g/mol. The van der Waals surface area contributed by atoms with Crippen LogP contribution in [-0.4, -0.2) is 15.2 Å². The molecule has 0 atom stereocenters. The predicted molar refractivity (Wildman–Crippen MR) is 47.6 cm³/mol. The number of aryl methyl sites for hydroxylation is 1. The number of hydrogen-bond acceptors (Lipinski definition) is 5. The molecule has 2 aromatic rings. The molecule has 0 spiro atoms. The van der Waals surface area contributed by atoms with Crippen molar-refractivity contribution in [2.45, 2.75) is 13.5 Å². The highest BCUT2D eigenvalue weighted by molar-refractivity contribution is 5.17. The van der Waals surface area contributed by atoms with E-state index < -0.39 is 5.95 Å². The lowest BCUT2D eigenvalue weighted by Gasteiger charge is -2.02. The molecule has 0 amide bonds. The molecule has 0 radical (unpaired) electrons. The van der Waals surface area contributed by atoms with Crippen LogP contribution in [0.1, 0.15) is 11.8 Å². The van der Waals surface area contributed by atoms with Gasteiger partial charge in [-0.3, -0.25) is 0 Å². The third-order valence-electron chi connectivity index (χ3n) is 1.64. The Balaban J connectivity index is 2.02. The van der Waals surface area contributed by atoms with Crippen LogP contribution in [-0.2, 0) is 6.61 Å². The molecular weight excluding hydrogens is 201 g/mol. The summed E-state index contributed by atoms with van der Waals surface area (Å²) in [5.41, 5.74) is 0. The van der Waals surface area contributed by atoms with E-state index in [1.54, 1.807) is 13.0 Å². The van der Waals surface area contributed by atoms with Crippen molar-refractivity contribution in [2.24, 2.45) is 0 Å². The molecule has 0 aromatic carbocycles. The fourth-order valence-electron chi connectivity index (χ4n) is 1.01. The molecule has 15 heavy (non-hydrogen) atoms. The molecule has 0 aliphatic carbocycles. The maximum absolute atomic E-state index is 13.0. The van der Waals surface area contributed by atoms with Gasteiger partial charge in [0.15, 0.2) is 12.4 Å². The normalized spacial score (nSPS) is 10.3. The minimum atomic E-state index is -0.659. The van der Waals surface area contributed by atoms with Crippen LogP contribution < -0.4 is 4.74 Å². The molecule has 0 bridgehead atoms. The lowest BCUT2D eigenvalue weighted by Crippen LogP contribution is -1.98. The van der Waals surface area contributed by atoms with Crippen LogP contribution >= 0.6 is 0 Å². The van der Waals surface area contributed by atoms with Crippen LogP contribution in [0, 0.1) is 12.9 Å². The van der Waals surface area contributed by atoms with Crippen LogP contribution in [0.15, 0.2) is 22.7 Å². The van der Waals surface area contributed by atoms with Crippen molar-refractivity contribution >= 4 is 0 Å². The van der Waals surface area contributed by atoms with E-state index in [1.165, 1.54) is 12.3 Å². The van der Waals surface area contributed by atoms with Crippen molar-refractivity contribution in [1.29, 1.82) is 0 Å². The van der Waals surface area contributed by atoms with Crippen molar-refractivity contribution in [2.75, 3.05) is 0 Å². The van der Waals surface area contributed by atoms with E-state index in [2.05, 4.69) is 15.2 Å². The highest BCUT2D eigenvalue weighted by Gasteiger charge is 2.06. The molecule has 2 heterocycles. The van der Waals surface area contributed by atoms with Crippen molar-refractivity contribution in [1.82, 2.24) is 15.2 Å². The van der Waals surface area contributed by atoms with Gasteiger partial charge in [-0.05, 0) is 12.1 Å². The molecular formula is C9H8FN3O2. The summed E-state index contributed by atoms with van der Waals surface area (Å²) in [5.74, 6) is 0.151. The van der Waals surface area contributed by atoms with Crippen molar-refractivity contribution in [3.05, 3.63) is 36.1 Å². The van der Waals surface area contributed by atoms with E-state index in [0.717, 1.165) is 0 Å². The highest BCUT2D eigenvalue weighted by atomic mass is 19.1. The first-order valence-electron chi connectivity index (χ1n) is 4.28. The molecule has 0 N–H and O–H groups in total. The van der Waals surface area contributed by atoms with Gasteiger partial charge in [0, 0.05) is 13.1 Å². The first-order valence-corrected chi connectivity index (χ1v) is 4.28. The zero-order valence-electron chi connectivity index (χ0n) is 7.98. The molecule has 78 valence electrons. The van der Waals surface area contributed by atoms with Gasteiger partial charge < -0.3 is 9.15 Å². The Bertz CT molecular complexity index is 458. The molecule has 5 nitrogen and oxygen atoms in total. The van der Waals surface area contributed by atoms with Gasteiger partial charge in [-0.25, -0.2) is 4.98 Å². The largest absolute Gasteiger partial charge is 0.479 e. The zero-order valence-corrected chi connectivity index (χ0v) is 7.98. The number of ether oxygens (including phenoxy) is 1. The van der Waals surface area contributed by atoms with Gasteiger partial charge in [0.1, 0.15) is 0 Å². The SMILES string of the molecule is Cc1nnc(COc2cccnc2F)o1. The minimum absolute atomic E-state index is 0.0312. The molecule has 2 rings (SSSR count). The molecule has 0 unspecified atom stereocenters. The smallest absolute Gasteiger partial charge is 0.255 e. The van der Waals surface area contributed by atoms with E-state index in [0.29, 0.717) is 11.8 Å². The van der Waals surface area contributed by atoms with Gasteiger partial charge in [-0.1, -0.05) is 0 Å². The van der Waals surface area contributed by atoms with Gasteiger partial charge in [0.05, 0.1) is 0 Å². The van der Waals surface area contributed by atoms with E-state index in [-0.39, 0.29) is 12.4 Å². The van der Waals surface area contributed by atoms with Crippen LogP contribution in [0.25, 0.3) is 0 Å².